The molecule has 8 heteroatoms. The third kappa shape index (κ3) is 7.61. The molecule has 1 aliphatic rings. The van der Waals surface area contributed by atoms with Gasteiger partial charge in [-0.3, -0.25) is 9.59 Å². The number of likely N-dealkylation sites (tertiary alicyclic amines) is 1. The molecule has 7 nitrogen and oxygen atoms in total. The minimum atomic E-state index is -0.507. The number of piperidine rings is 1. The van der Waals surface area contributed by atoms with Gasteiger partial charge in [0, 0.05) is 38.5 Å². The average Bonchev–Trinajstić information content (AvgIpc) is 2.62. The summed E-state index contributed by atoms with van der Waals surface area (Å²) >= 11 is 1.09. The van der Waals surface area contributed by atoms with Gasteiger partial charge in [-0.1, -0.05) is 12.1 Å². The van der Waals surface area contributed by atoms with Crippen LogP contribution in [0.3, 0.4) is 0 Å². The zero-order valence-corrected chi connectivity index (χ0v) is 18.7. The Morgan fingerprint density at radius 1 is 1.17 bits per heavy atom. The Hall–Kier alpha value is -2.22. The first-order valence-corrected chi connectivity index (χ1v) is 10.6. The lowest BCUT2D eigenvalue weighted by Crippen LogP contribution is -2.42. The first-order valence-electron chi connectivity index (χ1n) is 9.81. The van der Waals surface area contributed by atoms with E-state index in [1.54, 1.807) is 25.1 Å². The van der Waals surface area contributed by atoms with Crippen molar-refractivity contribution in [3.8, 4) is 0 Å². The topological polar surface area (TPSA) is 79.0 Å². The molecule has 1 heterocycles. The Labute approximate surface area is 177 Å². The van der Waals surface area contributed by atoms with E-state index in [-0.39, 0.29) is 23.2 Å². The number of nitrogens with zero attached hydrogens (tertiary/aromatic N) is 2. The number of hydrogen-bond acceptors (Lipinski definition) is 5. The van der Waals surface area contributed by atoms with Gasteiger partial charge in [0.05, 0.1) is 5.69 Å². The van der Waals surface area contributed by atoms with E-state index >= 15 is 0 Å². The van der Waals surface area contributed by atoms with E-state index in [0.717, 1.165) is 29.5 Å². The van der Waals surface area contributed by atoms with Gasteiger partial charge in [-0.15, -0.1) is 0 Å². The van der Waals surface area contributed by atoms with Gasteiger partial charge < -0.3 is 19.9 Å². The van der Waals surface area contributed by atoms with Crippen LogP contribution >= 0.6 is 11.8 Å². The van der Waals surface area contributed by atoms with Crippen molar-refractivity contribution in [2.75, 3.05) is 32.5 Å². The number of nitrogens with one attached hydrogen (secondary N) is 1. The van der Waals surface area contributed by atoms with Crippen LogP contribution in [0.2, 0.25) is 0 Å². The maximum Gasteiger partial charge on any atom is 0.410 e. The Morgan fingerprint density at radius 2 is 1.79 bits per heavy atom. The highest BCUT2D eigenvalue weighted by Gasteiger charge is 2.28. The minimum absolute atomic E-state index is 0.0777. The van der Waals surface area contributed by atoms with Gasteiger partial charge in [0.1, 0.15) is 5.60 Å². The molecule has 2 rings (SSSR count). The van der Waals surface area contributed by atoms with E-state index in [9.17, 15) is 14.4 Å². The standard InChI is InChI=1S/C21H31N3O4S/c1-21(2,3)28-19(26)24-12-10-15(11-13-24)14-18(25)22-16-8-6-7-9-17(16)29-20(27)23(4)5/h6-9,15H,10-14H2,1-5H3,(H,22,25). The molecule has 0 bridgehead atoms. The van der Waals surface area contributed by atoms with Crippen LogP contribution < -0.4 is 5.32 Å². The van der Waals surface area contributed by atoms with Gasteiger partial charge in [0.15, 0.2) is 0 Å². The van der Waals surface area contributed by atoms with Crippen LogP contribution in [0, 0.1) is 5.92 Å². The second-order valence-corrected chi connectivity index (χ2v) is 9.41. The van der Waals surface area contributed by atoms with Crippen molar-refractivity contribution in [1.29, 1.82) is 0 Å². The molecule has 1 aromatic rings. The largest absolute Gasteiger partial charge is 0.444 e. The summed E-state index contributed by atoms with van der Waals surface area (Å²) in [7, 11) is 3.39. The summed E-state index contributed by atoms with van der Waals surface area (Å²) in [6.45, 7) is 6.74. The highest BCUT2D eigenvalue weighted by atomic mass is 32.2. The lowest BCUT2D eigenvalue weighted by molar-refractivity contribution is -0.117. The minimum Gasteiger partial charge on any atom is -0.444 e. The van der Waals surface area contributed by atoms with Crippen LogP contribution in [-0.2, 0) is 9.53 Å². The molecule has 1 N–H and O–H groups in total. The van der Waals surface area contributed by atoms with Crippen LogP contribution in [0.25, 0.3) is 0 Å². The van der Waals surface area contributed by atoms with Crippen molar-refractivity contribution in [1.82, 2.24) is 9.80 Å². The highest BCUT2D eigenvalue weighted by molar-refractivity contribution is 8.13. The molecule has 1 saturated heterocycles. The average molecular weight is 422 g/mol. The van der Waals surface area contributed by atoms with Crippen molar-refractivity contribution < 1.29 is 19.1 Å². The SMILES string of the molecule is CN(C)C(=O)Sc1ccccc1NC(=O)CC1CCN(C(=O)OC(C)(C)C)CC1. The van der Waals surface area contributed by atoms with Crippen LogP contribution in [0.1, 0.15) is 40.0 Å². The van der Waals surface area contributed by atoms with Gasteiger partial charge in [0.2, 0.25) is 5.91 Å². The fourth-order valence-electron chi connectivity index (χ4n) is 2.95. The fraction of sp³-hybridized carbons (Fsp3) is 0.571. The molecule has 160 valence electrons. The van der Waals surface area contributed by atoms with Crippen LogP contribution in [-0.4, -0.2) is 59.8 Å². The normalized spacial score (nSPS) is 15.0. The number of carbonyl (C=O) groups excluding carboxylic acids is 3. The van der Waals surface area contributed by atoms with Crippen molar-refractivity contribution in [2.45, 2.75) is 50.5 Å². The molecule has 0 radical (unpaired) electrons. The van der Waals surface area contributed by atoms with Gasteiger partial charge in [0.25, 0.3) is 5.24 Å². The van der Waals surface area contributed by atoms with Crippen molar-refractivity contribution in [3.05, 3.63) is 24.3 Å². The molecule has 0 saturated carbocycles. The summed E-state index contributed by atoms with van der Waals surface area (Å²) in [6, 6.07) is 7.29. The third-order valence-corrected chi connectivity index (χ3v) is 5.58. The summed E-state index contributed by atoms with van der Waals surface area (Å²) in [5.74, 6) is 0.142. The van der Waals surface area contributed by atoms with E-state index in [1.807, 2.05) is 39.0 Å². The van der Waals surface area contributed by atoms with Gasteiger partial charge >= 0.3 is 6.09 Å². The Kier molecular flexibility index (Phi) is 7.96. The van der Waals surface area contributed by atoms with E-state index in [1.165, 1.54) is 4.90 Å². The molecule has 0 aliphatic carbocycles. The molecular formula is C21H31N3O4S. The van der Waals surface area contributed by atoms with E-state index < -0.39 is 5.60 Å². The first kappa shape index (κ1) is 23.1. The number of anilines is 1. The summed E-state index contributed by atoms with van der Waals surface area (Å²) in [4.78, 5) is 40.6. The molecule has 29 heavy (non-hydrogen) atoms. The smallest absolute Gasteiger partial charge is 0.410 e. The number of amides is 3. The van der Waals surface area contributed by atoms with Crippen molar-refractivity contribution in [3.63, 3.8) is 0 Å². The van der Waals surface area contributed by atoms with E-state index in [0.29, 0.717) is 25.2 Å². The second kappa shape index (κ2) is 10.0. The number of benzene rings is 1. The predicted octanol–water partition coefficient (Wildman–Crippen LogP) is 4.44. The summed E-state index contributed by atoms with van der Waals surface area (Å²) in [6.07, 6.45) is 1.63. The Bertz CT molecular complexity index is 738. The Balaban J connectivity index is 1.85. The monoisotopic (exact) mass is 421 g/mol. The zero-order valence-electron chi connectivity index (χ0n) is 17.9. The summed E-state index contributed by atoms with van der Waals surface area (Å²) in [5.41, 5.74) is 0.136. The second-order valence-electron chi connectivity index (χ2n) is 8.42. The molecule has 1 aliphatic heterocycles. The zero-order chi connectivity index (χ0) is 21.6. The molecule has 1 fully saturated rings. The molecular weight excluding hydrogens is 390 g/mol. The predicted molar refractivity (Wildman–Crippen MR) is 115 cm³/mol. The highest BCUT2D eigenvalue weighted by Crippen LogP contribution is 2.29. The molecule has 0 unspecified atom stereocenters. The number of ether oxygens (including phenoxy) is 1. The molecule has 0 spiro atoms. The number of hydrogen-bond donors (Lipinski definition) is 1. The lowest BCUT2D eigenvalue weighted by atomic mass is 9.93. The summed E-state index contributed by atoms with van der Waals surface area (Å²) < 4.78 is 5.41. The molecule has 0 aromatic heterocycles. The lowest BCUT2D eigenvalue weighted by Gasteiger charge is -2.33. The van der Waals surface area contributed by atoms with Crippen LogP contribution in [0.5, 0.6) is 0 Å². The van der Waals surface area contributed by atoms with Crippen molar-refractivity contribution in [2.24, 2.45) is 5.92 Å². The number of carbonyl (C=O) groups is 3. The maximum atomic E-state index is 12.5. The van der Waals surface area contributed by atoms with Crippen molar-refractivity contribution >= 4 is 34.7 Å². The first-order chi connectivity index (χ1) is 13.5. The molecule has 1 aromatic carbocycles. The van der Waals surface area contributed by atoms with Gasteiger partial charge in [-0.05, 0) is 63.4 Å². The van der Waals surface area contributed by atoms with Gasteiger partial charge in [-0.25, -0.2) is 4.79 Å². The quantitative estimate of drug-likeness (QED) is 0.727. The number of para-hydroxylation sites is 1. The summed E-state index contributed by atoms with van der Waals surface area (Å²) in [5, 5.41) is 2.84. The van der Waals surface area contributed by atoms with E-state index in [2.05, 4.69) is 5.32 Å². The maximum absolute atomic E-state index is 12.5. The molecule has 0 atom stereocenters. The Morgan fingerprint density at radius 3 is 2.38 bits per heavy atom. The van der Waals surface area contributed by atoms with Crippen LogP contribution in [0.15, 0.2) is 29.2 Å². The molecule has 3 amide bonds. The van der Waals surface area contributed by atoms with Crippen LogP contribution in [0.4, 0.5) is 15.3 Å². The third-order valence-electron chi connectivity index (χ3n) is 4.46. The van der Waals surface area contributed by atoms with Gasteiger partial charge in [-0.2, -0.15) is 0 Å². The number of thioether (sulfide) groups is 1. The number of rotatable bonds is 4. The van der Waals surface area contributed by atoms with E-state index in [4.69, 9.17) is 4.74 Å². The fourth-order valence-corrected chi connectivity index (χ4v) is 3.70.